The monoisotopic (exact) mass is 534 g/mol. The largest absolute Gasteiger partial charge is 0.476 e. The van der Waals surface area contributed by atoms with Gasteiger partial charge in [0.2, 0.25) is 5.91 Å². The third kappa shape index (κ3) is 4.64. The van der Waals surface area contributed by atoms with Crippen molar-refractivity contribution in [1.82, 2.24) is 24.6 Å². The molecule has 3 aliphatic rings. The van der Waals surface area contributed by atoms with Crippen LogP contribution in [0.4, 0.5) is 10.1 Å². The van der Waals surface area contributed by atoms with Crippen molar-refractivity contribution in [2.75, 3.05) is 44.2 Å². The zero-order valence-corrected chi connectivity index (χ0v) is 22.6. The van der Waals surface area contributed by atoms with Crippen LogP contribution in [-0.2, 0) is 4.79 Å². The van der Waals surface area contributed by atoms with E-state index in [1.807, 2.05) is 11.8 Å². The van der Waals surface area contributed by atoms with E-state index in [4.69, 9.17) is 5.10 Å². The molecule has 0 unspecified atom stereocenters. The zero-order valence-electron chi connectivity index (χ0n) is 22.6. The number of nitrogens with zero attached hydrogens (tertiary/aromatic N) is 6. The van der Waals surface area contributed by atoms with Crippen molar-refractivity contribution in [1.29, 1.82) is 0 Å². The molecule has 0 bridgehead atoms. The summed E-state index contributed by atoms with van der Waals surface area (Å²) >= 11 is 0. The van der Waals surface area contributed by atoms with Gasteiger partial charge in [0.15, 0.2) is 11.3 Å². The summed E-state index contributed by atoms with van der Waals surface area (Å²) in [4.78, 5) is 35.5. The van der Waals surface area contributed by atoms with E-state index in [2.05, 4.69) is 14.8 Å². The van der Waals surface area contributed by atoms with Crippen LogP contribution in [0.15, 0.2) is 24.3 Å². The van der Waals surface area contributed by atoms with Gasteiger partial charge in [-0.1, -0.05) is 6.42 Å². The van der Waals surface area contributed by atoms with Gasteiger partial charge in [-0.2, -0.15) is 5.10 Å². The predicted molar refractivity (Wildman–Crippen MR) is 146 cm³/mol. The molecule has 3 fully saturated rings. The first-order valence-corrected chi connectivity index (χ1v) is 14.0. The van der Waals surface area contributed by atoms with E-state index in [-0.39, 0.29) is 17.4 Å². The number of halogens is 1. The Kier molecular flexibility index (Phi) is 6.74. The van der Waals surface area contributed by atoms with E-state index >= 15 is 0 Å². The summed E-state index contributed by atoms with van der Waals surface area (Å²) in [6, 6.07) is 6.54. The van der Waals surface area contributed by atoms with Gasteiger partial charge in [0.1, 0.15) is 5.82 Å². The molecule has 1 amide bonds. The van der Waals surface area contributed by atoms with Crippen LogP contribution in [0.2, 0.25) is 0 Å². The van der Waals surface area contributed by atoms with Gasteiger partial charge in [-0.3, -0.25) is 9.69 Å². The molecule has 1 N–H and O–H groups in total. The summed E-state index contributed by atoms with van der Waals surface area (Å²) in [5.41, 5.74) is 3.77. The van der Waals surface area contributed by atoms with Gasteiger partial charge in [0, 0.05) is 63.7 Å². The van der Waals surface area contributed by atoms with Crippen LogP contribution in [0, 0.1) is 12.7 Å². The molecule has 206 valence electrons. The Balaban J connectivity index is 1.37. The minimum absolute atomic E-state index is 0.0309. The van der Waals surface area contributed by atoms with Crippen LogP contribution >= 0.6 is 0 Å². The van der Waals surface area contributed by atoms with E-state index in [1.54, 1.807) is 23.7 Å². The highest BCUT2D eigenvalue weighted by atomic mass is 19.1. The maximum absolute atomic E-state index is 13.7. The number of piperazine rings is 1. The first-order valence-electron chi connectivity index (χ1n) is 14.0. The number of carbonyl (C=O) groups excluding carboxylic acids is 1. The molecule has 2 aromatic heterocycles. The summed E-state index contributed by atoms with van der Waals surface area (Å²) in [7, 11) is 0. The number of rotatable bonds is 5. The molecule has 4 heterocycles. The van der Waals surface area contributed by atoms with Crippen molar-refractivity contribution in [3.8, 4) is 5.69 Å². The van der Waals surface area contributed by atoms with Crippen LogP contribution in [0.5, 0.6) is 0 Å². The SMILES string of the molecule is CC(=O)N1CCN(C2CCN(c3c(C)c(C(=O)O)nc4c3c(C3CCC3)nn4-c3ccc(F)cc3)CC2)CC1. The molecular weight excluding hydrogens is 499 g/mol. The average Bonchev–Trinajstić information content (AvgIpc) is 3.26. The smallest absolute Gasteiger partial charge is 0.354 e. The summed E-state index contributed by atoms with van der Waals surface area (Å²) in [5, 5.41) is 16.0. The van der Waals surface area contributed by atoms with Crippen molar-refractivity contribution < 1.29 is 19.1 Å². The van der Waals surface area contributed by atoms with Crippen LogP contribution in [-0.4, -0.2) is 86.9 Å². The van der Waals surface area contributed by atoms with Gasteiger partial charge in [-0.15, -0.1) is 0 Å². The predicted octanol–water partition coefficient (Wildman–Crippen LogP) is 3.97. The highest BCUT2D eigenvalue weighted by Crippen LogP contribution is 2.44. The molecule has 2 aliphatic heterocycles. The molecule has 2 saturated heterocycles. The van der Waals surface area contributed by atoms with Gasteiger partial charge >= 0.3 is 5.97 Å². The number of carboxylic acids is 1. The molecule has 39 heavy (non-hydrogen) atoms. The summed E-state index contributed by atoms with van der Waals surface area (Å²) < 4.78 is 15.4. The van der Waals surface area contributed by atoms with E-state index < -0.39 is 5.97 Å². The molecule has 1 aromatic carbocycles. The highest BCUT2D eigenvalue weighted by molar-refractivity contribution is 6.01. The summed E-state index contributed by atoms with van der Waals surface area (Å²) in [5.74, 6) is -0.957. The number of piperidine rings is 1. The molecule has 0 radical (unpaired) electrons. The normalized spacial score (nSPS) is 19.5. The van der Waals surface area contributed by atoms with E-state index in [0.29, 0.717) is 28.9 Å². The molecule has 6 rings (SSSR count). The van der Waals surface area contributed by atoms with Crippen molar-refractivity contribution in [3.05, 3.63) is 47.0 Å². The second-order valence-electron chi connectivity index (χ2n) is 11.1. The first-order chi connectivity index (χ1) is 18.8. The topological polar surface area (TPSA) is 94.8 Å². The molecule has 3 aromatic rings. The molecule has 0 spiro atoms. The van der Waals surface area contributed by atoms with E-state index in [9.17, 15) is 19.1 Å². The fourth-order valence-electron chi connectivity index (χ4n) is 6.44. The van der Waals surface area contributed by atoms with Crippen molar-refractivity contribution >= 4 is 28.6 Å². The molecule has 1 aliphatic carbocycles. The highest BCUT2D eigenvalue weighted by Gasteiger charge is 2.34. The molecule has 10 heteroatoms. The Morgan fingerprint density at radius 1 is 0.974 bits per heavy atom. The second-order valence-corrected chi connectivity index (χ2v) is 11.1. The number of carbonyl (C=O) groups is 2. The minimum Gasteiger partial charge on any atom is -0.476 e. The lowest BCUT2D eigenvalue weighted by Crippen LogP contribution is -2.54. The van der Waals surface area contributed by atoms with E-state index in [1.165, 1.54) is 12.1 Å². The van der Waals surface area contributed by atoms with Crippen LogP contribution < -0.4 is 4.90 Å². The fraction of sp³-hybridized carbons (Fsp3) is 0.517. The zero-order chi connectivity index (χ0) is 27.3. The lowest BCUT2D eigenvalue weighted by Gasteiger charge is -2.43. The van der Waals surface area contributed by atoms with Crippen molar-refractivity contribution in [3.63, 3.8) is 0 Å². The number of hydrogen-bond acceptors (Lipinski definition) is 6. The fourth-order valence-corrected chi connectivity index (χ4v) is 6.44. The lowest BCUT2D eigenvalue weighted by atomic mass is 9.81. The number of anilines is 1. The first kappa shape index (κ1) is 25.7. The number of benzene rings is 1. The lowest BCUT2D eigenvalue weighted by molar-refractivity contribution is -0.130. The molecular formula is C29H35FN6O3. The average molecular weight is 535 g/mol. The van der Waals surface area contributed by atoms with Crippen LogP contribution in [0.1, 0.15) is 66.7 Å². The minimum atomic E-state index is -1.06. The van der Waals surface area contributed by atoms with Gasteiger partial charge in [0.05, 0.1) is 22.5 Å². The van der Waals surface area contributed by atoms with Gasteiger partial charge < -0.3 is 14.9 Å². The maximum Gasteiger partial charge on any atom is 0.354 e. The number of aromatic carboxylic acids is 1. The quantitative estimate of drug-likeness (QED) is 0.529. The van der Waals surface area contributed by atoms with Gasteiger partial charge in [-0.05, 0) is 56.9 Å². The summed E-state index contributed by atoms with van der Waals surface area (Å²) in [6.07, 6.45) is 5.17. The van der Waals surface area contributed by atoms with E-state index in [0.717, 1.165) is 88.1 Å². The number of carboxylic acid groups (broad SMARTS) is 1. The summed E-state index contributed by atoms with van der Waals surface area (Å²) in [6.45, 7) is 8.44. The number of hydrogen-bond donors (Lipinski definition) is 1. The Bertz CT molecular complexity index is 1400. The standard InChI is InChI=1S/C29H35FN6O3/c1-18-25(29(38)39)31-28-24(26(20-4-3-5-20)32-36(28)23-8-6-21(30)7-9-23)27(18)35-12-10-22(11-13-35)34-16-14-33(15-17-34)19(2)37/h6-9,20,22H,3-5,10-17H2,1-2H3,(H,38,39). The molecule has 1 saturated carbocycles. The number of pyridine rings is 1. The number of amides is 1. The van der Waals surface area contributed by atoms with Crippen molar-refractivity contribution in [2.45, 2.75) is 57.9 Å². The maximum atomic E-state index is 13.7. The Morgan fingerprint density at radius 3 is 2.21 bits per heavy atom. The Hall–Kier alpha value is -3.53. The van der Waals surface area contributed by atoms with Crippen LogP contribution in [0.3, 0.4) is 0 Å². The molecule has 0 atom stereocenters. The van der Waals surface area contributed by atoms with Crippen LogP contribution in [0.25, 0.3) is 16.7 Å². The molecule has 9 nitrogen and oxygen atoms in total. The number of fused-ring (bicyclic) bond motifs is 1. The Morgan fingerprint density at radius 2 is 1.64 bits per heavy atom. The van der Waals surface area contributed by atoms with Crippen molar-refractivity contribution in [2.24, 2.45) is 0 Å². The van der Waals surface area contributed by atoms with Gasteiger partial charge in [0.25, 0.3) is 0 Å². The van der Waals surface area contributed by atoms with Gasteiger partial charge in [-0.25, -0.2) is 18.9 Å². The second kappa shape index (κ2) is 10.2. The Labute approximate surface area is 227 Å². The number of aromatic nitrogens is 3. The third-order valence-electron chi connectivity index (χ3n) is 8.88. The third-order valence-corrected chi connectivity index (χ3v) is 8.88.